The summed E-state index contributed by atoms with van der Waals surface area (Å²) in [5, 5.41) is 61.7. The number of hydrogen-bond donors (Lipinski definition) is 16. The molecule has 13 atom stereocenters. The maximum absolute atomic E-state index is 14.7. The number of carbonyl (C=O) groups is 15. The van der Waals surface area contributed by atoms with E-state index in [0.717, 1.165) is 18.7 Å². The van der Waals surface area contributed by atoms with Crippen LogP contribution in [0, 0.1) is 17.8 Å². The summed E-state index contributed by atoms with van der Waals surface area (Å²) in [6.45, 7) is 11.7. The summed E-state index contributed by atoms with van der Waals surface area (Å²) in [5.41, 5.74) is 12.0. The molecule has 32 nitrogen and oxygen atoms in total. The molecule has 2 heterocycles. The highest BCUT2D eigenvalue weighted by atomic mass is 16.4. The molecule has 89 heavy (non-hydrogen) atoms. The zero-order valence-electron chi connectivity index (χ0n) is 51.0. The Kier molecular flexibility index (Phi) is 29.1. The normalized spacial score (nSPS) is 17.0. The standard InChI is InChI=1S/C57H85N13O19/c1-9-27(5)45(68-56(88)46(28(6)10-2)67-52(84)38(24-43(78)79)61-30(8)72)55(87)64-36(22-31-25-60-33-15-12-11-14-32(31)33)50(82)63-35(18-20-42(76)77)49(81)66-44(26(3)4)54(86)65-37(23-40(58)73)51(83)69-47(29(7)71)57(89)70-21-13-16-39(70)53(85)62-34(48(59)80)17-19-41(74)75/h11-12,14-15,25-29,34-39,44-47,60,71H,9-10,13,16-24H2,1-8H3,(H2,58,73)(H2,59,80)(H,61,72)(H,62,85)(H,63,82)(H,64,87)(H,65,86)(H,66,81)(H,67,84)(H,68,88)(H,69,83)(H,74,75)(H,76,77)(H,78,79)/t27?,28?,29?,34-,35-,36-,37-,38-,39-,44-,45-,46-,47-/m0/s1. The van der Waals surface area contributed by atoms with Crippen molar-refractivity contribution in [3.8, 4) is 0 Å². The number of nitrogens with two attached hydrogens (primary N) is 2. The molecule has 2 aromatic rings. The van der Waals surface area contributed by atoms with E-state index in [2.05, 4.69) is 52.8 Å². The van der Waals surface area contributed by atoms with Crippen molar-refractivity contribution in [3.05, 3.63) is 36.0 Å². The number of nitrogens with one attached hydrogen (secondary N) is 10. The Morgan fingerprint density at radius 2 is 1.04 bits per heavy atom. The molecule has 1 aromatic carbocycles. The summed E-state index contributed by atoms with van der Waals surface area (Å²) in [6.07, 6.45) is -3.51. The molecular formula is C57H85N13O19. The Morgan fingerprint density at radius 3 is 1.56 bits per heavy atom. The Labute approximate surface area is 512 Å². The molecule has 0 spiro atoms. The number of amides is 12. The van der Waals surface area contributed by atoms with E-state index in [1.54, 1.807) is 58.2 Å². The molecular weight excluding hydrogens is 1170 g/mol. The summed E-state index contributed by atoms with van der Waals surface area (Å²) < 4.78 is 0. The lowest BCUT2D eigenvalue weighted by molar-refractivity contribution is -0.145. The number of rotatable bonds is 37. The van der Waals surface area contributed by atoms with E-state index in [4.69, 9.17) is 16.6 Å². The van der Waals surface area contributed by atoms with Gasteiger partial charge >= 0.3 is 17.9 Å². The van der Waals surface area contributed by atoms with Gasteiger partial charge in [0.1, 0.15) is 60.4 Å². The summed E-state index contributed by atoms with van der Waals surface area (Å²) in [5.74, 6) is -18.4. The number of carbonyl (C=O) groups excluding carboxylic acids is 12. The molecule has 3 rings (SSSR count). The van der Waals surface area contributed by atoms with Crippen LogP contribution in [0.15, 0.2) is 30.5 Å². The lowest BCUT2D eigenvalue weighted by Gasteiger charge is -2.32. The molecule has 1 saturated heterocycles. The number of aromatic nitrogens is 1. The van der Waals surface area contributed by atoms with Crippen LogP contribution < -0.4 is 59.3 Å². The van der Waals surface area contributed by atoms with Crippen LogP contribution in [0.1, 0.15) is 125 Å². The van der Waals surface area contributed by atoms with Gasteiger partial charge in [0.25, 0.3) is 0 Å². The summed E-state index contributed by atoms with van der Waals surface area (Å²) in [6, 6.07) is -8.87. The topological polar surface area (TPSA) is 516 Å². The van der Waals surface area contributed by atoms with Gasteiger partial charge in [-0.2, -0.15) is 0 Å². The highest BCUT2D eigenvalue weighted by Gasteiger charge is 2.42. The van der Waals surface area contributed by atoms with Gasteiger partial charge in [-0.3, -0.25) is 71.9 Å². The van der Waals surface area contributed by atoms with Crippen LogP contribution in [0.3, 0.4) is 0 Å². The first-order chi connectivity index (χ1) is 41.7. The number of carboxylic acids is 3. The van der Waals surface area contributed by atoms with Crippen molar-refractivity contribution >= 4 is 99.7 Å². The van der Waals surface area contributed by atoms with Crippen molar-refractivity contribution in [3.63, 3.8) is 0 Å². The van der Waals surface area contributed by atoms with Gasteiger partial charge in [0.05, 0.1) is 18.9 Å². The molecule has 3 unspecified atom stereocenters. The van der Waals surface area contributed by atoms with Crippen molar-refractivity contribution < 1.29 is 92.3 Å². The number of primary amides is 2. The molecule has 0 bridgehead atoms. The Morgan fingerprint density at radius 1 is 0.573 bits per heavy atom. The molecule has 1 fully saturated rings. The number of carboxylic acid groups (broad SMARTS) is 3. The highest BCUT2D eigenvalue weighted by Crippen LogP contribution is 2.22. The van der Waals surface area contributed by atoms with Crippen molar-refractivity contribution in [1.29, 1.82) is 0 Å². The first-order valence-electron chi connectivity index (χ1n) is 29.2. The van der Waals surface area contributed by atoms with Crippen molar-refractivity contribution in [2.75, 3.05) is 6.54 Å². The number of aliphatic hydroxyl groups is 1. The van der Waals surface area contributed by atoms with Crippen molar-refractivity contribution in [2.24, 2.45) is 29.2 Å². The van der Waals surface area contributed by atoms with Gasteiger partial charge in [-0.15, -0.1) is 0 Å². The van der Waals surface area contributed by atoms with Gasteiger partial charge in [0.2, 0.25) is 70.9 Å². The number of aliphatic carboxylic acids is 3. The average Bonchev–Trinajstić information content (AvgIpc) is 2.19. The van der Waals surface area contributed by atoms with Crippen molar-refractivity contribution in [2.45, 2.75) is 193 Å². The molecule has 0 radical (unpaired) electrons. The second kappa shape index (κ2) is 34.9. The number of benzene rings is 1. The summed E-state index contributed by atoms with van der Waals surface area (Å²) in [7, 11) is 0. The number of nitrogens with zero attached hydrogens (tertiary/aromatic N) is 1. The number of para-hydroxylation sites is 1. The second-order valence-corrected chi connectivity index (χ2v) is 22.5. The lowest BCUT2D eigenvalue weighted by Crippen LogP contribution is -2.63. The predicted octanol–water partition coefficient (Wildman–Crippen LogP) is -3.22. The maximum atomic E-state index is 14.7. The van der Waals surface area contributed by atoms with Crippen LogP contribution in [-0.2, 0) is 78.3 Å². The van der Waals surface area contributed by atoms with Gasteiger partial charge in [-0.05, 0) is 62.0 Å². The van der Waals surface area contributed by atoms with Crippen LogP contribution in [-0.4, -0.2) is 192 Å². The SMILES string of the molecule is CCC(C)[C@H](NC(=O)[C@H](CC(=O)O)NC(C)=O)C(=O)N[C@H](C(=O)N[C@@H](Cc1c[nH]c2ccccc12)C(=O)N[C@@H](CCC(=O)O)C(=O)N[C@H](C(=O)N[C@@H](CC(N)=O)C(=O)N[C@H](C(=O)N1CCC[C@H]1C(=O)N[C@@H](CCC(=O)O)C(N)=O)C(C)O)C(C)C)C(C)CC. The lowest BCUT2D eigenvalue weighted by atomic mass is 9.94. The van der Waals surface area contributed by atoms with E-state index in [1.807, 2.05) is 0 Å². The number of likely N-dealkylation sites (tertiary alicyclic amines) is 1. The number of H-pyrrole nitrogens is 1. The van der Waals surface area contributed by atoms with Crippen LogP contribution in [0.2, 0.25) is 0 Å². The average molecular weight is 1260 g/mol. The van der Waals surface area contributed by atoms with E-state index >= 15 is 0 Å². The minimum absolute atomic E-state index is 0.0456. The molecule has 1 aliphatic rings. The van der Waals surface area contributed by atoms with Gasteiger partial charge in [-0.1, -0.05) is 72.6 Å². The second-order valence-electron chi connectivity index (χ2n) is 22.5. The number of aliphatic hydroxyl groups excluding tert-OH is 1. The first kappa shape index (κ1) is 74.0. The number of fused-ring (bicyclic) bond motifs is 1. The van der Waals surface area contributed by atoms with Crippen molar-refractivity contribution in [1.82, 2.24) is 57.7 Å². The molecule has 492 valence electrons. The third-order valence-corrected chi connectivity index (χ3v) is 15.1. The van der Waals surface area contributed by atoms with E-state index in [1.165, 1.54) is 13.8 Å². The van der Waals surface area contributed by atoms with E-state index < -0.39 is 205 Å². The third kappa shape index (κ3) is 22.8. The fourth-order valence-electron chi connectivity index (χ4n) is 9.74. The molecule has 18 N–H and O–H groups in total. The minimum atomic E-state index is -1.90. The number of hydrogen-bond acceptors (Lipinski definition) is 16. The zero-order valence-corrected chi connectivity index (χ0v) is 51.0. The van der Waals surface area contributed by atoms with E-state index in [-0.39, 0.29) is 38.6 Å². The Bertz CT molecular complexity index is 2920. The minimum Gasteiger partial charge on any atom is -0.481 e. The van der Waals surface area contributed by atoms with Gasteiger partial charge in [-0.25, -0.2) is 0 Å². The molecule has 12 amide bonds. The van der Waals surface area contributed by atoms with Gasteiger partial charge in [0.15, 0.2) is 0 Å². The van der Waals surface area contributed by atoms with Crippen LogP contribution in [0.4, 0.5) is 0 Å². The summed E-state index contributed by atoms with van der Waals surface area (Å²) >= 11 is 0. The van der Waals surface area contributed by atoms with Gasteiger partial charge in [0, 0.05) is 49.8 Å². The number of aromatic amines is 1. The molecule has 0 aliphatic carbocycles. The molecule has 1 aliphatic heterocycles. The van der Waals surface area contributed by atoms with E-state index in [0.29, 0.717) is 22.9 Å². The highest BCUT2D eigenvalue weighted by molar-refractivity contribution is 6.01. The fraction of sp³-hybridized carbons (Fsp3) is 0.596. The Hall–Kier alpha value is -9.23. The summed E-state index contributed by atoms with van der Waals surface area (Å²) in [4.78, 5) is 202. The predicted molar refractivity (Wildman–Crippen MR) is 314 cm³/mol. The van der Waals surface area contributed by atoms with Gasteiger partial charge < -0.3 is 89.6 Å². The van der Waals surface area contributed by atoms with Crippen LogP contribution in [0.5, 0.6) is 0 Å². The maximum Gasteiger partial charge on any atom is 0.305 e. The first-order valence-corrected chi connectivity index (χ1v) is 29.2. The quantitative estimate of drug-likeness (QED) is 0.0316. The zero-order chi connectivity index (χ0) is 67.1. The third-order valence-electron chi connectivity index (χ3n) is 15.1. The monoisotopic (exact) mass is 1260 g/mol. The van der Waals surface area contributed by atoms with E-state index in [9.17, 15) is 87.2 Å². The molecule has 0 saturated carbocycles. The molecule has 32 heteroatoms. The Balaban J connectivity index is 1.97. The fourth-order valence-corrected chi connectivity index (χ4v) is 9.74. The molecule has 1 aromatic heterocycles. The smallest absolute Gasteiger partial charge is 0.305 e. The largest absolute Gasteiger partial charge is 0.481 e. The van der Waals surface area contributed by atoms with Crippen LogP contribution >= 0.6 is 0 Å². The van der Waals surface area contributed by atoms with Crippen LogP contribution in [0.25, 0.3) is 10.9 Å².